The maximum atomic E-state index is 11.6. The van der Waals surface area contributed by atoms with Gasteiger partial charge < -0.3 is 24.3 Å². The van der Waals surface area contributed by atoms with Crippen molar-refractivity contribution >= 4 is 42.2 Å². The molecule has 116 valence electrons. The number of aromatic nitrogens is 2. The number of rotatable bonds is 4. The number of pyridine rings is 1. The number of ether oxygens (including phenoxy) is 1. The van der Waals surface area contributed by atoms with Crippen molar-refractivity contribution in [3.8, 4) is 0 Å². The number of hydrogen-bond donors (Lipinski definition) is 4. The highest BCUT2D eigenvalue weighted by Crippen LogP contribution is 2.53. The van der Waals surface area contributed by atoms with Gasteiger partial charge >= 0.3 is 15.2 Å². The van der Waals surface area contributed by atoms with Crippen molar-refractivity contribution in [3.05, 3.63) is 28.5 Å². The van der Waals surface area contributed by atoms with Crippen LogP contribution >= 0.6 is 31.1 Å². The molecular formula is C9H11BrN2O7P2. The highest BCUT2D eigenvalue weighted by molar-refractivity contribution is 9.10. The summed E-state index contributed by atoms with van der Waals surface area (Å²) >= 11 is 3.18. The van der Waals surface area contributed by atoms with Gasteiger partial charge in [-0.25, -0.2) is 4.98 Å². The molecule has 4 N–H and O–H groups in total. The smallest absolute Gasteiger partial charge is 0.363 e. The molecule has 0 aliphatic carbocycles. The first-order valence-electron chi connectivity index (χ1n) is 5.37. The molecule has 0 saturated heterocycles. The third-order valence-corrected chi connectivity index (χ3v) is 5.08. The highest BCUT2D eigenvalue weighted by Gasteiger charge is 2.40. The van der Waals surface area contributed by atoms with Crippen molar-refractivity contribution in [3.63, 3.8) is 0 Å². The molecule has 0 aromatic carbocycles. The zero-order chi connectivity index (χ0) is 16.0. The van der Waals surface area contributed by atoms with Crippen LogP contribution in [0.4, 0.5) is 0 Å². The van der Waals surface area contributed by atoms with E-state index in [1.165, 1.54) is 22.7 Å². The van der Waals surface area contributed by atoms with Crippen molar-refractivity contribution < 1.29 is 33.4 Å². The van der Waals surface area contributed by atoms with Crippen LogP contribution in [0.15, 0.2) is 22.8 Å². The van der Waals surface area contributed by atoms with Gasteiger partial charge in [-0.2, -0.15) is 0 Å². The first-order valence-corrected chi connectivity index (χ1v) is 9.46. The Hall–Kier alpha value is -0.570. The van der Waals surface area contributed by atoms with E-state index >= 15 is 0 Å². The fourth-order valence-electron chi connectivity index (χ4n) is 1.88. The van der Waals surface area contributed by atoms with Gasteiger partial charge in [-0.1, -0.05) is 15.9 Å². The first kappa shape index (κ1) is 16.8. The Kier molecular flexibility index (Phi) is 4.45. The number of imidazole rings is 1. The van der Waals surface area contributed by atoms with E-state index < -0.39 is 26.5 Å². The van der Waals surface area contributed by atoms with E-state index in [4.69, 9.17) is 4.74 Å². The van der Waals surface area contributed by atoms with Crippen LogP contribution in [0.25, 0.3) is 5.65 Å². The molecule has 12 heteroatoms. The van der Waals surface area contributed by atoms with Crippen molar-refractivity contribution in [1.82, 2.24) is 9.38 Å². The van der Waals surface area contributed by atoms with Crippen molar-refractivity contribution in [2.45, 2.75) is 5.85 Å². The van der Waals surface area contributed by atoms with Gasteiger partial charge in [0.25, 0.3) is 0 Å². The van der Waals surface area contributed by atoms with E-state index in [1.54, 1.807) is 0 Å². The van der Waals surface area contributed by atoms with Crippen LogP contribution in [0.3, 0.4) is 0 Å². The second-order valence-electron chi connectivity index (χ2n) is 4.11. The number of nitrogens with zero attached hydrogens (tertiary/aromatic N) is 2. The number of hydrogen-bond acceptors (Lipinski definition) is 4. The van der Waals surface area contributed by atoms with Gasteiger partial charge in [0, 0.05) is 17.8 Å². The summed E-state index contributed by atoms with van der Waals surface area (Å²) in [5.74, 6) is -1.84. The first-order chi connectivity index (χ1) is 9.55. The zero-order valence-electron chi connectivity index (χ0n) is 10.5. The SMILES string of the molecule is COC(c1c(P(=O)(O)O)nc2cc(Br)ccn12)P(=O)(O)O. The summed E-state index contributed by atoms with van der Waals surface area (Å²) in [6.45, 7) is 0. The second kappa shape index (κ2) is 5.57. The molecule has 0 bridgehead atoms. The minimum atomic E-state index is -4.85. The van der Waals surface area contributed by atoms with E-state index in [1.807, 2.05) is 0 Å². The Labute approximate surface area is 127 Å². The summed E-state index contributed by atoms with van der Waals surface area (Å²) in [5, 5.41) is 0. The van der Waals surface area contributed by atoms with Gasteiger partial charge in [-0.05, 0) is 12.1 Å². The van der Waals surface area contributed by atoms with Gasteiger partial charge in [0.1, 0.15) is 5.65 Å². The quantitative estimate of drug-likeness (QED) is 0.550. The number of fused-ring (bicyclic) bond motifs is 1. The molecule has 0 aliphatic heterocycles. The maximum absolute atomic E-state index is 11.6. The highest BCUT2D eigenvalue weighted by atomic mass is 79.9. The van der Waals surface area contributed by atoms with Gasteiger partial charge in [0.05, 0.1) is 5.69 Å². The van der Waals surface area contributed by atoms with Crippen LogP contribution < -0.4 is 5.44 Å². The molecule has 2 aromatic rings. The van der Waals surface area contributed by atoms with Crippen molar-refractivity contribution in [2.75, 3.05) is 7.11 Å². The minimum absolute atomic E-state index is 0.119. The van der Waals surface area contributed by atoms with Gasteiger partial charge in [-0.15, -0.1) is 0 Å². The molecule has 9 nitrogen and oxygen atoms in total. The average molecular weight is 401 g/mol. The van der Waals surface area contributed by atoms with E-state index in [0.29, 0.717) is 4.47 Å². The molecular weight excluding hydrogens is 390 g/mol. The van der Waals surface area contributed by atoms with Crippen LogP contribution in [0.5, 0.6) is 0 Å². The fourth-order valence-corrected chi connectivity index (χ4v) is 3.90. The third-order valence-electron chi connectivity index (χ3n) is 2.64. The lowest BCUT2D eigenvalue weighted by Crippen LogP contribution is -2.17. The van der Waals surface area contributed by atoms with Crippen LogP contribution in [-0.2, 0) is 13.9 Å². The molecule has 0 amide bonds. The molecule has 0 spiro atoms. The van der Waals surface area contributed by atoms with Crippen molar-refractivity contribution in [1.29, 1.82) is 0 Å². The molecule has 0 saturated carbocycles. The van der Waals surface area contributed by atoms with Crippen LogP contribution in [0.2, 0.25) is 0 Å². The van der Waals surface area contributed by atoms with E-state index in [-0.39, 0.29) is 11.3 Å². The van der Waals surface area contributed by atoms with E-state index in [9.17, 15) is 28.7 Å². The van der Waals surface area contributed by atoms with E-state index in [2.05, 4.69) is 20.9 Å². The topological polar surface area (TPSA) is 142 Å². The summed E-state index contributed by atoms with van der Waals surface area (Å²) < 4.78 is 29.6. The molecule has 0 fully saturated rings. The molecule has 21 heavy (non-hydrogen) atoms. The molecule has 1 unspecified atom stereocenters. The third kappa shape index (κ3) is 3.28. The van der Waals surface area contributed by atoms with Crippen LogP contribution in [0.1, 0.15) is 11.5 Å². The molecule has 2 rings (SSSR count). The Balaban J connectivity index is 2.87. The monoisotopic (exact) mass is 400 g/mol. The fraction of sp³-hybridized carbons (Fsp3) is 0.222. The van der Waals surface area contributed by atoms with Gasteiger partial charge in [0.15, 0.2) is 5.44 Å². The standard InChI is InChI=1S/C9H11BrN2O7P2/c1-19-9(21(16,17)18)7-8(20(13,14)15)11-6-4-5(10)2-3-12(6)7/h2-4,9H,1H3,(H2,13,14,15)(H2,16,17,18). The molecule has 0 radical (unpaired) electrons. The van der Waals surface area contributed by atoms with Crippen LogP contribution in [0, 0.1) is 0 Å². The summed E-state index contributed by atoms with van der Waals surface area (Å²) in [5.41, 5.74) is -0.981. The number of halogens is 1. The second-order valence-corrected chi connectivity index (χ2v) is 8.19. The lowest BCUT2D eigenvalue weighted by molar-refractivity contribution is 0.134. The normalized spacial score (nSPS) is 14.6. The predicted octanol–water partition coefficient (Wildman–Crippen LogP) is 0.722. The summed E-state index contributed by atoms with van der Waals surface area (Å²) in [6, 6.07) is 2.99. The molecule has 1 atom stereocenters. The minimum Gasteiger partial charge on any atom is -0.363 e. The van der Waals surface area contributed by atoms with Gasteiger partial charge in [-0.3, -0.25) is 13.5 Å². The Morgan fingerprint density at radius 1 is 1.33 bits per heavy atom. The van der Waals surface area contributed by atoms with Crippen molar-refractivity contribution in [2.24, 2.45) is 0 Å². The summed E-state index contributed by atoms with van der Waals surface area (Å²) in [6.07, 6.45) is 1.38. The summed E-state index contributed by atoms with van der Waals surface area (Å²) in [7, 11) is -8.63. The number of methoxy groups -OCH3 is 1. The zero-order valence-corrected chi connectivity index (χ0v) is 13.9. The Bertz CT molecular complexity index is 780. The molecule has 2 aromatic heterocycles. The predicted molar refractivity (Wildman–Crippen MR) is 76.4 cm³/mol. The average Bonchev–Trinajstić information content (AvgIpc) is 2.66. The Morgan fingerprint density at radius 3 is 2.43 bits per heavy atom. The molecule has 2 heterocycles. The van der Waals surface area contributed by atoms with Gasteiger partial charge in [0.2, 0.25) is 5.85 Å². The lowest BCUT2D eigenvalue weighted by atomic mass is 10.4. The largest absolute Gasteiger partial charge is 0.376 e. The van der Waals surface area contributed by atoms with Crippen LogP contribution in [-0.4, -0.2) is 36.1 Å². The lowest BCUT2D eigenvalue weighted by Gasteiger charge is -2.18. The molecule has 0 aliphatic rings. The van der Waals surface area contributed by atoms with E-state index in [0.717, 1.165) is 7.11 Å². The summed E-state index contributed by atoms with van der Waals surface area (Å²) in [4.78, 5) is 41.2. The maximum Gasteiger partial charge on any atom is 0.376 e. The Morgan fingerprint density at radius 2 is 1.95 bits per heavy atom.